The van der Waals surface area contributed by atoms with E-state index in [9.17, 15) is 19.2 Å². The smallest absolute Gasteiger partial charge is 0.341 e. The highest BCUT2D eigenvalue weighted by Crippen LogP contribution is 2.37. The van der Waals surface area contributed by atoms with E-state index >= 15 is 0 Å². The van der Waals surface area contributed by atoms with Crippen molar-refractivity contribution in [2.75, 3.05) is 27.4 Å². The molecule has 0 amide bonds. The average Bonchev–Trinajstić information content (AvgIpc) is 2.89. The van der Waals surface area contributed by atoms with Crippen molar-refractivity contribution in [1.82, 2.24) is 0 Å². The number of carbonyl (C=O) groups excluding carboxylic acids is 4. The van der Waals surface area contributed by atoms with Crippen LogP contribution in [0.25, 0.3) is 11.1 Å². The molecule has 0 fully saturated rings. The molecule has 0 saturated heterocycles. The Labute approximate surface area is 232 Å². The zero-order valence-corrected chi connectivity index (χ0v) is 22.8. The Hall–Kier alpha value is -4.80. The van der Waals surface area contributed by atoms with Crippen LogP contribution in [0.15, 0.2) is 85.0 Å². The van der Waals surface area contributed by atoms with Crippen molar-refractivity contribution in [3.8, 4) is 34.1 Å². The normalized spacial score (nSPS) is 10.2. The molecule has 10 nitrogen and oxygen atoms in total. The molecule has 0 radical (unpaired) electrons. The number of benzene rings is 2. The van der Waals surface area contributed by atoms with Crippen LogP contribution in [0.4, 0.5) is 0 Å². The van der Waals surface area contributed by atoms with E-state index in [1.165, 1.54) is 58.4 Å². The summed E-state index contributed by atoms with van der Waals surface area (Å²) in [5.74, 6) is -3.15. The van der Waals surface area contributed by atoms with Gasteiger partial charge >= 0.3 is 23.9 Å². The van der Waals surface area contributed by atoms with E-state index in [4.69, 9.17) is 28.4 Å². The van der Waals surface area contributed by atoms with Gasteiger partial charge in [-0.1, -0.05) is 32.4 Å². The Kier molecular flexibility index (Phi) is 11.3. The van der Waals surface area contributed by atoms with Crippen LogP contribution in [-0.4, -0.2) is 51.3 Å². The highest BCUT2D eigenvalue weighted by atomic mass is 16.6. The first kappa shape index (κ1) is 31.4. The van der Waals surface area contributed by atoms with Crippen molar-refractivity contribution in [3.63, 3.8) is 0 Å². The predicted molar refractivity (Wildman–Crippen MR) is 146 cm³/mol. The topological polar surface area (TPSA) is 124 Å². The minimum atomic E-state index is -0.827. The second-order valence-corrected chi connectivity index (χ2v) is 8.55. The second-order valence-electron chi connectivity index (χ2n) is 8.55. The standard InChI is InChI=1S/C30H30O10/c1-17(2)27(31)37-23-11-22(12-24(14-23)38-28(32)18(3)4)21-9-10-25(39-29(33)19(5)15-35-7)26(13-21)40-30(34)20(6)16-36-8/h9-14H,1,3,5-6,15-16H2,2,4,7-8H3. The number of hydrogen-bond donors (Lipinski definition) is 0. The zero-order chi connectivity index (χ0) is 30.0. The number of hydrogen-bond acceptors (Lipinski definition) is 10. The average molecular weight is 551 g/mol. The molecular weight excluding hydrogens is 520 g/mol. The van der Waals surface area contributed by atoms with Gasteiger partial charge in [-0.3, -0.25) is 0 Å². The molecule has 2 rings (SSSR count). The van der Waals surface area contributed by atoms with Crippen molar-refractivity contribution in [2.45, 2.75) is 13.8 Å². The molecular formula is C30H30O10. The molecule has 0 atom stereocenters. The summed E-state index contributed by atoms with van der Waals surface area (Å²) < 4.78 is 31.4. The van der Waals surface area contributed by atoms with Gasteiger partial charge in [0.05, 0.1) is 24.4 Å². The van der Waals surface area contributed by atoms with Crippen molar-refractivity contribution in [1.29, 1.82) is 0 Å². The SMILES string of the molecule is C=C(C)C(=O)Oc1cc(OC(=O)C(=C)C)cc(-c2ccc(OC(=O)C(=C)COC)c(OC(=O)C(=C)COC)c2)c1. The first-order chi connectivity index (χ1) is 18.9. The molecule has 0 aliphatic heterocycles. The molecule has 0 N–H and O–H groups in total. The lowest BCUT2D eigenvalue weighted by Crippen LogP contribution is -2.17. The van der Waals surface area contributed by atoms with E-state index in [2.05, 4.69) is 26.3 Å². The number of ether oxygens (including phenoxy) is 6. The van der Waals surface area contributed by atoms with Gasteiger partial charge in [0.2, 0.25) is 0 Å². The summed E-state index contributed by atoms with van der Waals surface area (Å²) in [5.41, 5.74) is 1.15. The summed E-state index contributed by atoms with van der Waals surface area (Å²) in [5, 5.41) is 0. The van der Waals surface area contributed by atoms with Crippen LogP contribution in [0.1, 0.15) is 13.8 Å². The molecule has 0 saturated carbocycles. The maximum absolute atomic E-state index is 12.6. The summed E-state index contributed by atoms with van der Waals surface area (Å²) in [6.45, 7) is 17.1. The molecule has 40 heavy (non-hydrogen) atoms. The molecule has 2 aromatic carbocycles. The maximum Gasteiger partial charge on any atom is 0.341 e. The first-order valence-electron chi connectivity index (χ1n) is 11.7. The van der Waals surface area contributed by atoms with Crippen LogP contribution in [0, 0.1) is 0 Å². The van der Waals surface area contributed by atoms with Gasteiger partial charge in [0.15, 0.2) is 11.5 Å². The molecule has 0 heterocycles. The van der Waals surface area contributed by atoms with E-state index in [0.717, 1.165) is 0 Å². The minimum absolute atomic E-state index is 0.0108. The molecule has 0 spiro atoms. The van der Waals surface area contributed by atoms with E-state index in [1.807, 2.05) is 0 Å². The van der Waals surface area contributed by atoms with Crippen molar-refractivity contribution < 1.29 is 47.6 Å². The summed E-state index contributed by atoms with van der Waals surface area (Å²) in [4.78, 5) is 49.4. The van der Waals surface area contributed by atoms with Gasteiger partial charge in [0, 0.05) is 31.4 Å². The maximum atomic E-state index is 12.6. The molecule has 210 valence electrons. The van der Waals surface area contributed by atoms with Crippen molar-refractivity contribution in [2.24, 2.45) is 0 Å². The van der Waals surface area contributed by atoms with Crippen LogP contribution in [0.2, 0.25) is 0 Å². The summed E-state index contributed by atoms with van der Waals surface area (Å²) in [6.07, 6.45) is 0. The minimum Gasteiger partial charge on any atom is -0.423 e. The lowest BCUT2D eigenvalue weighted by Gasteiger charge is -2.15. The first-order valence-corrected chi connectivity index (χ1v) is 11.7. The number of carbonyl (C=O) groups is 4. The summed E-state index contributed by atoms with van der Waals surface area (Å²) >= 11 is 0. The number of methoxy groups -OCH3 is 2. The highest BCUT2D eigenvalue weighted by Gasteiger charge is 2.20. The van der Waals surface area contributed by atoms with Gasteiger partial charge in [-0.2, -0.15) is 0 Å². The number of esters is 4. The van der Waals surface area contributed by atoms with E-state index in [-0.39, 0.29) is 58.5 Å². The largest absolute Gasteiger partial charge is 0.423 e. The van der Waals surface area contributed by atoms with Crippen molar-refractivity contribution in [3.05, 3.63) is 85.0 Å². The number of rotatable bonds is 13. The molecule has 0 bridgehead atoms. The highest BCUT2D eigenvalue weighted by molar-refractivity contribution is 5.93. The summed E-state index contributed by atoms with van der Waals surface area (Å²) in [6, 6.07) is 8.68. The fraction of sp³-hybridized carbons (Fsp3) is 0.200. The zero-order valence-electron chi connectivity index (χ0n) is 22.8. The van der Waals surface area contributed by atoms with Gasteiger partial charge in [-0.05, 0) is 49.2 Å². The molecule has 0 aliphatic rings. The van der Waals surface area contributed by atoms with Crippen LogP contribution >= 0.6 is 0 Å². The Morgan fingerprint density at radius 2 is 1.02 bits per heavy atom. The van der Waals surface area contributed by atoms with Gasteiger partial charge in [-0.25, -0.2) is 19.2 Å². The van der Waals surface area contributed by atoms with Crippen LogP contribution < -0.4 is 18.9 Å². The van der Waals surface area contributed by atoms with Gasteiger partial charge in [0.1, 0.15) is 11.5 Å². The summed E-state index contributed by atoms with van der Waals surface area (Å²) in [7, 11) is 2.78. The predicted octanol–water partition coefficient (Wildman–Crippen LogP) is 4.53. The Balaban J connectivity index is 2.61. The second kappa shape index (κ2) is 14.4. The quantitative estimate of drug-likeness (QED) is 0.200. The fourth-order valence-corrected chi connectivity index (χ4v) is 2.91. The monoisotopic (exact) mass is 550 g/mol. The third-order valence-corrected chi connectivity index (χ3v) is 4.89. The van der Waals surface area contributed by atoms with E-state index in [0.29, 0.717) is 11.1 Å². The Bertz CT molecular complexity index is 1340. The lowest BCUT2D eigenvalue weighted by atomic mass is 10.0. The molecule has 0 unspecified atom stereocenters. The lowest BCUT2D eigenvalue weighted by molar-refractivity contribution is -0.133. The van der Waals surface area contributed by atoms with Crippen molar-refractivity contribution >= 4 is 23.9 Å². The Morgan fingerprint density at radius 1 is 0.575 bits per heavy atom. The van der Waals surface area contributed by atoms with Gasteiger partial charge in [-0.15, -0.1) is 0 Å². The third-order valence-electron chi connectivity index (χ3n) is 4.89. The molecule has 2 aromatic rings. The van der Waals surface area contributed by atoms with Crippen LogP contribution in [-0.2, 0) is 28.7 Å². The Morgan fingerprint density at radius 3 is 1.45 bits per heavy atom. The van der Waals surface area contributed by atoms with Gasteiger partial charge in [0.25, 0.3) is 0 Å². The van der Waals surface area contributed by atoms with Crippen LogP contribution in [0.5, 0.6) is 23.0 Å². The molecule has 0 aromatic heterocycles. The third kappa shape index (κ3) is 8.90. The molecule has 0 aliphatic carbocycles. The van der Waals surface area contributed by atoms with E-state index in [1.54, 1.807) is 6.07 Å². The fourth-order valence-electron chi connectivity index (χ4n) is 2.91. The molecule has 10 heteroatoms. The van der Waals surface area contributed by atoms with Gasteiger partial charge < -0.3 is 28.4 Å². The van der Waals surface area contributed by atoms with E-state index < -0.39 is 23.9 Å². The van der Waals surface area contributed by atoms with Crippen LogP contribution in [0.3, 0.4) is 0 Å².